The molecule has 7 nitrogen and oxygen atoms in total. The molecular formula is C26H29N5O2S. The molecule has 3 aliphatic rings. The van der Waals surface area contributed by atoms with Gasteiger partial charge in [-0.2, -0.15) is 5.26 Å². The number of hydrogen-bond donors (Lipinski definition) is 1. The molecule has 1 atom stereocenters. The van der Waals surface area contributed by atoms with Gasteiger partial charge in [-0.15, -0.1) is 0 Å². The van der Waals surface area contributed by atoms with Crippen molar-refractivity contribution < 1.29 is 9.59 Å². The Balaban J connectivity index is 1.29. The highest BCUT2D eigenvalue weighted by Gasteiger charge is 2.32. The zero-order valence-corrected chi connectivity index (χ0v) is 20.2. The zero-order chi connectivity index (χ0) is 23.7. The fourth-order valence-electron chi connectivity index (χ4n) is 4.58. The van der Waals surface area contributed by atoms with Crippen LogP contribution >= 0.6 is 11.8 Å². The van der Waals surface area contributed by atoms with Crippen molar-refractivity contribution in [3.8, 4) is 17.2 Å². The first-order chi connectivity index (χ1) is 16.5. The van der Waals surface area contributed by atoms with Crippen molar-refractivity contribution >= 4 is 29.3 Å². The van der Waals surface area contributed by atoms with E-state index in [1.165, 1.54) is 18.2 Å². The number of rotatable bonds is 5. The quantitative estimate of drug-likeness (QED) is 0.716. The van der Waals surface area contributed by atoms with Crippen molar-refractivity contribution in [1.82, 2.24) is 15.1 Å². The average molecular weight is 476 g/mol. The van der Waals surface area contributed by atoms with Crippen LogP contribution in [0.2, 0.25) is 0 Å². The van der Waals surface area contributed by atoms with Gasteiger partial charge >= 0.3 is 0 Å². The molecule has 2 aromatic carbocycles. The lowest BCUT2D eigenvalue weighted by Crippen LogP contribution is -2.47. The van der Waals surface area contributed by atoms with Gasteiger partial charge in [-0.25, -0.2) is 0 Å². The summed E-state index contributed by atoms with van der Waals surface area (Å²) in [5, 5.41) is 12.3. The number of benzene rings is 2. The molecule has 1 unspecified atom stereocenters. The molecule has 0 radical (unpaired) electrons. The molecule has 1 aliphatic carbocycles. The van der Waals surface area contributed by atoms with E-state index in [1.807, 2.05) is 46.2 Å². The number of carbonyl (C=O) groups excluding carboxylic acids is 2. The Labute approximate surface area is 204 Å². The topological polar surface area (TPSA) is 79.7 Å². The Morgan fingerprint density at radius 1 is 1.06 bits per heavy atom. The maximum Gasteiger partial charge on any atom is 0.253 e. The van der Waals surface area contributed by atoms with Gasteiger partial charge in [-0.1, -0.05) is 30.0 Å². The molecule has 1 saturated heterocycles. The Morgan fingerprint density at radius 3 is 2.41 bits per heavy atom. The maximum absolute atomic E-state index is 12.8. The third-order valence-electron chi connectivity index (χ3n) is 6.94. The molecule has 0 aromatic heterocycles. The van der Waals surface area contributed by atoms with Gasteiger partial charge in [0.15, 0.2) is 5.37 Å². The van der Waals surface area contributed by atoms with Gasteiger partial charge in [0.05, 0.1) is 18.3 Å². The molecule has 1 N–H and O–H groups in total. The van der Waals surface area contributed by atoms with Crippen LogP contribution in [0.3, 0.4) is 0 Å². The summed E-state index contributed by atoms with van der Waals surface area (Å²) in [7, 11) is 2.08. The van der Waals surface area contributed by atoms with E-state index in [-0.39, 0.29) is 24.4 Å². The van der Waals surface area contributed by atoms with E-state index in [1.54, 1.807) is 0 Å². The number of nitriles is 1. The van der Waals surface area contributed by atoms with Gasteiger partial charge in [-0.05, 0) is 61.7 Å². The Hall–Kier alpha value is -3.02. The SMILES string of the molecule is CN1CCN(C(=O)c2ccc(-c3ccc4c(c3)SC(C#N)N4CC(=O)NC3CCC3)cc2)CC1. The van der Waals surface area contributed by atoms with Crippen LogP contribution in [-0.4, -0.2) is 72.8 Å². The number of carbonyl (C=O) groups is 2. The minimum atomic E-state index is -0.416. The molecule has 34 heavy (non-hydrogen) atoms. The summed E-state index contributed by atoms with van der Waals surface area (Å²) in [6, 6.07) is 16.5. The highest BCUT2D eigenvalue weighted by Crippen LogP contribution is 2.44. The van der Waals surface area contributed by atoms with Crippen LogP contribution in [-0.2, 0) is 4.79 Å². The lowest BCUT2D eigenvalue weighted by atomic mass is 9.93. The largest absolute Gasteiger partial charge is 0.352 e. The second kappa shape index (κ2) is 9.69. The van der Waals surface area contributed by atoms with E-state index in [0.29, 0.717) is 5.56 Å². The monoisotopic (exact) mass is 475 g/mol. The van der Waals surface area contributed by atoms with Crippen molar-refractivity contribution in [2.45, 2.75) is 35.6 Å². The van der Waals surface area contributed by atoms with Crippen molar-refractivity contribution in [2.75, 3.05) is 44.7 Å². The van der Waals surface area contributed by atoms with Gasteiger partial charge < -0.3 is 20.0 Å². The van der Waals surface area contributed by atoms with Gasteiger partial charge in [-0.3, -0.25) is 9.59 Å². The number of amides is 2. The summed E-state index contributed by atoms with van der Waals surface area (Å²) < 4.78 is 0. The number of piperazine rings is 1. The molecule has 2 heterocycles. The predicted molar refractivity (Wildman–Crippen MR) is 134 cm³/mol. The lowest BCUT2D eigenvalue weighted by molar-refractivity contribution is -0.121. The van der Waals surface area contributed by atoms with Crippen molar-refractivity contribution in [3.63, 3.8) is 0 Å². The van der Waals surface area contributed by atoms with Crippen molar-refractivity contribution in [2.24, 2.45) is 0 Å². The first-order valence-corrected chi connectivity index (χ1v) is 12.7. The molecule has 2 aliphatic heterocycles. The van der Waals surface area contributed by atoms with Crippen LogP contribution in [0.25, 0.3) is 11.1 Å². The summed E-state index contributed by atoms with van der Waals surface area (Å²) in [6.07, 6.45) is 3.26. The second-order valence-electron chi connectivity index (χ2n) is 9.28. The molecule has 176 valence electrons. The second-order valence-corrected chi connectivity index (χ2v) is 10.4. The fourth-order valence-corrected chi connectivity index (χ4v) is 5.69. The Bertz CT molecular complexity index is 1120. The van der Waals surface area contributed by atoms with E-state index in [2.05, 4.69) is 29.4 Å². The summed E-state index contributed by atoms with van der Waals surface area (Å²) in [4.78, 5) is 32.3. The van der Waals surface area contributed by atoms with E-state index in [9.17, 15) is 14.9 Å². The summed E-state index contributed by atoms with van der Waals surface area (Å²) in [5.74, 6) is 0.0555. The van der Waals surface area contributed by atoms with Gasteiger partial charge in [0.2, 0.25) is 5.91 Å². The van der Waals surface area contributed by atoms with Crippen molar-refractivity contribution in [3.05, 3.63) is 48.0 Å². The standard InChI is InChI=1S/C26H29N5O2S/c1-29-11-13-30(14-12-29)26(33)19-7-5-18(6-8-19)20-9-10-22-23(15-20)34-25(16-27)31(22)17-24(32)28-21-3-2-4-21/h5-10,15,21,25H,2-4,11-14,17H2,1H3,(H,28,32). The van der Waals surface area contributed by atoms with Gasteiger partial charge in [0, 0.05) is 42.7 Å². The van der Waals surface area contributed by atoms with Gasteiger partial charge in [0.25, 0.3) is 5.91 Å². The maximum atomic E-state index is 12.8. The zero-order valence-electron chi connectivity index (χ0n) is 19.4. The van der Waals surface area contributed by atoms with Gasteiger partial charge in [0.1, 0.15) is 0 Å². The van der Waals surface area contributed by atoms with Crippen LogP contribution in [0.1, 0.15) is 29.6 Å². The number of hydrogen-bond acceptors (Lipinski definition) is 6. The fraction of sp³-hybridized carbons (Fsp3) is 0.423. The number of anilines is 1. The normalized spacial score (nSPS) is 20.4. The molecule has 2 amide bonds. The molecular weight excluding hydrogens is 446 g/mol. The number of thioether (sulfide) groups is 1. The average Bonchev–Trinajstić information content (AvgIpc) is 3.18. The molecule has 0 bridgehead atoms. The van der Waals surface area contributed by atoms with Crippen LogP contribution in [0, 0.1) is 11.3 Å². The van der Waals surface area contributed by atoms with E-state index in [0.717, 1.165) is 60.7 Å². The molecule has 1 saturated carbocycles. The minimum Gasteiger partial charge on any atom is -0.352 e. The lowest BCUT2D eigenvalue weighted by Gasteiger charge is -2.32. The number of nitrogens with zero attached hydrogens (tertiary/aromatic N) is 4. The molecule has 2 fully saturated rings. The van der Waals surface area contributed by atoms with Crippen LogP contribution in [0.4, 0.5) is 5.69 Å². The summed E-state index contributed by atoms with van der Waals surface area (Å²) in [5.41, 5.74) is 3.68. The summed E-state index contributed by atoms with van der Waals surface area (Å²) in [6.45, 7) is 3.51. The van der Waals surface area contributed by atoms with Crippen LogP contribution in [0.15, 0.2) is 47.4 Å². The third kappa shape index (κ3) is 4.63. The van der Waals surface area contributed by atoms with E-state index in [4.69, 9.17) is 0 Å². The summed E-state index contributed by atoms with van der Waals surface area (Å²) >= 11 is 1.48. The highest BCUT2D eigenvalue weighted by molar-refractivity contribution is 8.00. The van der Waals surface area contributed by atoms with Crippen LogP contribution in [0.5, 0.6) is 0 Å². The van der Waals surface area contributed by atoms with Crippen LogP contribution < -0.4 is 10.2 Å². The first kappa shape index (κ1) is 22.8. The first-order valence-electron chi connectivity index (χ1n) is 11.9. The number of likely N-dealkylation sites (N-methyl/N-ethyl adjacent to an activating group) is 1. The number of fused-ring (bicyclic) bond motifs is 1. The van der Waals surface area contributed by atoms with E-state index >= 15 is 0 Å². The smallest absolute Gasteiger partial charge is 0.253 e. The third-order valence-corrected chi connectivity index (χ3v) is 8.11. The minimum absolute atomic E-state index is 0.0249. The Kier molecular flexibility index (Phi) is 6.48. The molecule has 8 heteroatoms. The molecule has 0 spiro atoms. The van der Waals surface area contributed by atoms with E-state index < -0.39 is 5.37 Å². The Morgan fingerprint density at radius 2 is 1.76 bits per heavy atom. The van der Waals surface area contributed by atoms with Crippen molar-refractivity contribution in [1.29, 1.82) is 5.26 Å². The molecule has 2 aromatic rings. The molecule has 5 rings (SSSR count). The number of nitrogens with one attached hydrogen (secondary N) is 1. The predicted octanol–water partition coefficient (Wildman–Crippen LogP) is 3.17. The highest BCUT2D eigenvalue weighted by atomic mass is 32.2.